The normalized spacial score (nSPS) is 8.29. The van der Waals surface area contributed by atoms with Crippen LogP contribution in [0.4, 0.5) is 4.39 Å². The van der Waals surface area contributed by atoms with Crippen LogP contribution >= 0.6 is 0 Å². The molecule has 0 heterocycles. The van der Waals surface area contributed by atoms with Crippen molar-refractivity contribution in [1.29, 1.82) is 5.41 Å². The number of alkyl halides is 1. The van der Waals surface area contributed by atoms with E-state index in [0.29, 0.717) is 5.84 Å². The van der Waals surface area contributed by atoms with Crippen LogP contribution in [0.15, 0.2) is 0 Å². The molecule has 0 bridgehead atoms. The molecule has 0 aromatic heterocycles. The van der Waals surface area contributed by atoms with Crippen LogP contribution in [-0.2, 0) is 0 Å². The molecule has 2 nitrogen and oxygen atoms in total. The summed E-state index contributed by atoms with van der Waals surface area (Å²) >= 11 is 0. The third-order valence-corrected chi connectivity index (χ3v) is 0.485. The molecule has 2 N–H and O–H groups in total. The van der Waals surface area contributed by atoms with Gasteiger partial charge in [-0.1, -0.05) is 0 Å². The summed E-state index contributed by atoms with van der Waals surface area (Å²) in [4.78, 5) is 0. The Labute approximate surface area is 42.2 Å². The summed E-state index contributed by atoms with van der Waals surface area (Å²) in [5.74, 6) is 0.317. The maximum atomic E-state index is 11.2. The van der Waals surface area contributed by atoms with Crippen molar-refractivity contribution in [3.8, 4) is 0 Å². The standard InChI is InChI=1S/C4H9FN2/c1-4(6)7-3-2-5/h2-3H2,1H3,(H2,6,7). The van der Waals surface area contributed by atoms with Gasteiger partial charge in [0.05, 0.1) is 5.84 Å². The first-order chi connectivity index (χ1) is 3.27. The van der Waals surface area contributed by atoms with Crippen molar-refractivity contribution in [3.63, 3.8) is 0 Å². The molecule has 0 rings (SSSR count). The number of halogens is 1. The van der Waals surface area contributed by atoms with Gasteiger partial charge in [-0.25, -0.2) is 4.39 Å². The molecular weight excluding hydrogens is 95.1 g/mol. The van der Waals surface area contributed by atoms with Gasteiger partial charge >= 0.3 is 0 Å². The van der Waals surface area contributed by atoms with Crippen LogP contribution in [0.2, 0.25) is 0 Å². The van der Waals surface area contributed by atoms with E-state index in [1.165, 1.54) is 0 Å². The molecule has 0 unspecified atom stereocenters. The third-order valence-electron chi connectivity index (χ3n) is 0.485. The summed E-state index contributed by atoms with van der Waals surface area (Å²) in [6, 6.07) is 0. The van der Waals surface area contributed by atoms with Crippen molar-refractivity contribution in [2.75, 3.05) is 13.2 Å². The van der Waals surface area contributed by atoms with Gasteiger partial charge in [-0.15, -0.1) is 0 Å². The maximum absolute atomic E-state index is 11.2. The van der Waals surface area contributed by atoms with E-state index in [1.54, 1.807) is 6.92 Å². The lowest BCUT2D eigenvalue weighted by molar-refractivity contribution is 0.491. The molecule has 0 aromatic carbocycles. The van der Waals surface area contributed by atoms with Crippen molar-refractivity contribution in [2.24, 2.45) is 0 Å². The van der Waals surface area contributed by atoms with Gasteiger partial charge in [0.2, 0.25) is 0 Å². The third kappa shape index (κ3) is 5.40. The van der Waals surface area contributed by atoms with E-state index in [1.807, 2.05) is 0 Å². The largest absolute Gasteiger partial charge is 0.372 e. The Morgan fingerprint density at radius 3 is 2.57 bits per heavy atom. The molecule has 0 aliphatic carbocycles. The Kier molecular flexibility index (Phi) is 3.28. The Morgan fingerprint density at radius 1 is 1.86 bits per heavy atom. The predicted octanol–water partition coefficient (Wildman–Crippen LogP) is 0.543. The average Bonchev–Trinajstić information content (AvgIpc) is 1.61. The SMILES string of the molecule is CC(=N)NCCF. The zero-order valence-corrected chi connectivity index (χ0v) is 4.29. The van der Waals surface area contributed by atoms with Crippen molar-refractivity contribution in [3.05, 3.63) is 0 Å². The summed E-state index contributed by atoms with van der Waals surface area (Å²) in [6.45, 7) is 1.43. The number of nitrogens with one attached hydrogen (secondary N) is 2. The van der Waals surface area contributed by atoms with E-state index in [-0.39, 0.29) is 6.54 Å². The first-order valence-corrected chi connectivity index (χ1v) is 2.12. The molecule has 0 fully saturated rings. The van der Waals surface area contributed by atoms with Gasteiger partial charge < -0.3 is 5.32 Å². The summed E-state index contributed by atoms with van der Waals surface area (Å²) in [5.41, 5.74) is 0. The lowest BCUT2D eigenvalue weighted by Gasteiger charge is -1.95. The van der Waals surface area contributed by atoms with Gasteiger partial charge in [-0.2, -0.15) is 0 Å². The highest BCUT2D eigenvalue weighted by Crippen LogP contribution is 1.63. The van der Waals surface area contributed by atoms with Crippen LogP contribution in [0, 0.1) is 5.41 Å². The fraction of sp³-hybridized carbons (Fsp3) is 0.750. The second kappa shape index (κ2) is 3.59. The second-order valence-electron chi connectivity index (χ2n) is 1.24. The van der Waals surface area contributed by atoms with E-state index >= 15 is 0 Å². The summed E-state index contributed by atoms with van der Waals surface area (Å²) in [6.07, 6.45) is 0. The molecule has 0 spiro atoms. The monoisotopic (exact) mass is 104 g/mol. The Hall–Kier alpha value is -0.600. The first kappa shape index (κ1) is 6.40. The zero-order chi connectivity index (χ0) is 5.70. The molecule has 3 heteroatoms. The highest BCUT2D eigenvalue weighted by molar-refractivity contribution is 5.75. The van der Waals surface area contributed by atoms with Crippen molar-refractivity contribution in [2.45, 2.75) is 6.92 Å². The van der Waals surface area contributed by atoms with Crippen molar-refractivity contribution < 1.29 is 4.39 Å². The number of hydrogen-bond donors (Lipinski definition) is 2. The second-order valence-corrected chi connectivity index (χ2v) is 1.24. The average molecular weight is 104 g/mol. The Balaban J connectivity index is 2.82. The van der Waals surface area contributed by atoms with Gasteiger partial charge in [0, 0.05) is 6.54 Å². The number of rotatable bonds is 2. The molecule has 0 radical (unpaired) electrons. The topological polar surface area (TPSA) is 35.9 Å². The fourth-order valence-electron chi connectivity index (χ4n) is 0.235. The van der Waals surface area contributed by atoms with Gasteiger partial charge in [0.1, 0.15) is 6.67 Å². The zero-order valence-electron chi connectivity index (χ0n) is 4.29. The minimum Gasteiger partial charge on any atom is -0.372 e. The smallest absolute Gasteiger partial charge is 0.107 e. The van der Waals surface area contributed by atoms with Crippen LogP contribution in [0.25, 0.3) is 0 Å². The number of amidine groups is 1. The molecule has 0 saturated heterocycles. The quantitative estimate of drug-likeness (QED) is 0.389. The van der Waals surface area contributed by atoms with E-state index in [4.69, 9.17) is 5.41 Å². The van der Waals surface area contributed by atoms with E-state index in [2.05, 4.69) is 5.32 Å². The fourth-order valence-corrected chi connectivity index (χ4v) is 0.235. The number of hydrogen-bond acceptors (Lipinski definition) is 1. The van der Waals surface area contributed by atoms with Gasteiger partial charge in [0.15, 0.2) is 0 Å². The lowest BCUT2D eigenvalue weighted by atomic mass is 10.6. The Bertz CT molecular complexity index is 62.7. The van der Waals surface area contributed by atoms with E-state index in [9.17, 15) is 4.39 Å². The molecule has 0 atom stereocenters. The summed E-state index contributed by atoms with van der Waals surface area (Å²) in [5, 5.41) is 9.22. The molecule has 0 amide bonds. The molecule has 0 aliphatic heterocycles. The highest BCUT2D eigenvalue weighted by Gasteiger charge is 1.80. The molecule has 42 valence electrons. The molecule has 7 heavy (non-hydrogen) atoms. The maximum Gasteiger partial charge on any atom is 0.107 e. The molecular formula is C4H9FN2. The molecule has 0 aliphatic rings. The summed E-state index contributed by atoms with van der Waals surface area (Å²) in [7, 11) is 0. The molecule has 0 saturated carbocycles. The van der Waals surface area contributed by atoms with Crippen LogP contribution < -0.4 is 5.32 Å². The first-order valence-electron chi connectivity index (χ1n) is 2.12. The Morgan fingerprint density at radius 2 is 2.43 bits per heavy atom. The van der Waals surface area contributed by atoms with Crippen molar-refractivity contribution in [1.82, 2.24) is 5.32 Å². The van der Waals surface area contributed by atoms with Crippen LogP contribution in [0.1, 0.15) is 6.92 Å². The van der Waals surface area contributed by atoms with Crippen molar-refractivity contribution >= 4 is 5.84 Å². The highest BCUT2D eigenvalue weighted by atomic mass is 19.1. The minimum absolute atomic E-state index is 0.259. The van der Waals surface area contributed by atoms with Gasteiger partial charge in [-0.3, -0.25) is 5.41 Å². The summed E-state index contributed by atoms with van der Waals surface area (Å²) < 4.78 is 11.2. The van der Waals surface area contributed by atoms with Crippen LogP contribution in [-0.4, -0.2) is 19.1 Å². The van der Waals surface area contributed by atoms with Gasteiger partial charge in [0.25, 0.3) is 0 Å². The van der Waals surface area contributed by atoms with E-state index < -0.39 is 6.67 Å². The minimum atomic E-state index is -0.407. The predicted molar refractivity (Wildman–Crippen MR) is 27.4 cm³/mol. The van der Waals surface area contributed by atoms with Gasteiger partial charge in [-0.05, 0) is 6.92 Å². The molecule has 0 aromatic rings. The lowest BCUT2D eigenvalue weighted by Crippen LogP contribution is -2.21. The van der Waals surface area contributed by atoms with Crippen LogP contribution in [0.5, 0.6) is 0 Å². The van der Waals surface area contributed by atoms with Crippen LogP contribution in [0.3, 0.4) is 0 Å². The van der Waals surface area contributed by atoms with E-state index in [0.717, 1.165) is 0 Å².